The van der Waals surface area contributed by atoms with Gasteiger partial charge in [0.25, 0.3) is 0 Å². The van der Waals surface area contributed by atoms with Crippen LogP contribution in [0.5, 0.6) is 0 Å². The van der Waals surface area contributed by atoms with Crippen molar-refractivity contribution in [2.45, 2.75) is 82.8 Å². The third kappa shape index (κ3) is 4.00. The molecule has 1 heterocycles. The van der Waals surface area contributed by atoms with Gasteiger partial charge in [-0.3, -0.25) is 9.58 Å². The summed E-state index contributed by atoms with van der Waals surface area (Å²) < 4.78 is 2.01. The summed E-state index contributed by atoms with van der Waals surface area (Å²) >= 11 is 0. The molecular weight excluding hydrogens is 260 g/mol. The summed E-state index contributed by atoms with van der Waals surface area (Å²) in [6, 6.07) is 1.63. The molecule has 0 aliphatic heterocycles. The molecule has 21 heavy (non-hydrogen) atoms. The molecule has 2 N–H and O–H groups in total. The molecule has 2 saturated carbocycles. The van der Waals surface area contributed by atoms with E-state index in [4.69, 9.17) is 5.73 Å². The van der Waals surface area contributed by atoms with Crippen LogP contribution in [0, 0.1) is 0 Å². The van der Waals surface area contributed by atoms with Crippen molar-refractivity contribution >= 4 is 5.69 Å². The number of nitrogens with two attached hydrogens (primary N) is 1. The maximum atomic E-state index is 5.77. The lowest BCUT2D eigenvalue weighted by atomic mass is 9.88. The molecule has 0 bridgehead atoms. The molecule has 0 atom stereocenters. The maximum Gasteiger partial charge on any atom is 0.0719 e. The van der Waals surface area contributed by atoms with Crippen LogP contribution in [-0.2, 0) is 6.54 Å². The molecule has 0 radical (unpaired) electrons. The van der Waals surface area contributed by atoms with Crippen LogP contribution in [0.2, 0.25) is 0 Å². The first-order valence-corrected chi connectivity index (χ1v) is 8.86. The van der Waals surface area contributed by atoms with Crippen LogP contribution < -0.4 is 5.73 Å². The van der Waals surface area contributed by atoms with Gasteiger partial charge in [0.1, 0.15) is 0 Å². The molecule has 0 saturated heterocycles. The van der Waals surface area contributed by atoms with Crippen molar-refractivity contribution in [1.82, 2.24) is 14.7 Å². The molecule has 2 aliphatic carbocycles. The number of nitrogens with zero attached hydrogens (tertiary/aromatic N) is 3. The molecular formula is C17H30N4. The minimum absolute atomic E-state index is 0.775. The van der Waals surface area contributed by atoms with E-state index in [2.05, 4.69) is 10.00 Å². The molecule has 0 unspecified atom stereocenters. The van der Waals surface area contributed by atoms with E-state index in [1.54, 1.807) is 6.20 Å². The second-order valence-electron chi connectivity index (χ2n) is 6.86. The standard InChI is InChI=1S/C17H30N4/c18-15-13-19-20(14-15)11-12-21(16-7-3-1-4-8-16)17-9-5-2-6-10-17/h13-14,16-17H,1-12,18H2. The summed E-state index contributed by atoms with van der Waals surface area (Å²) in [5, 5.41) is 4.34. The minimum Gasteiger partial charge on any atom is -0.396 e. The van der Waals surface area contributed by atoms with E-state index in [1.165, 1.54) is 64.2 Å². The fraction of sp³-hybridized carbons (Fsp3) is 0.824. The minimum atomic E-state index is 0.775. The van der Waals surface area contributed by atoms with Crippen molar-refractivity contribution in [3.63, 3.8) is 0 Å². The van der Waals surface area contributed by atoms with Crippen LogP contribution in [0.1, 0.15) is 64.2 Å². The quantitative estimate of drug-likeness (QED) is 0.903. The van der Waals surface area contributed by atoms with Gasteiger partial charge < -0.3 is 5.73 Å². The lowest BCUT2D eigenvalue weighted by molar-refractivity contribution is 0.0760. The number of hydrogen-bond acceptors (Lipinski definition) is 3. The van der Waals surface area contributed by atoms with E-state index < -0.39 is 0 Å². The second kappa shape index (κ2) is 7.30. The predicted octanol–water partition coefficient (Wildman–Crippen LogP) is 3.43. The summed E-state index contributed by atoms with van der Waals surface area (Å²) in [5.74, 6) is 0. The Kier molecular flexibility index (Phi) is 5.17. The summed E-state index contributed by atoms with van der Waals surface area (Å²) in [7, 11) is 0. The van der Waals surface area contributed by atoms with Gasteiger partial charge in [0.05, 0.1) is 18.4 Å². The predicted molar refractivity (Wildman–Crippen MR) is 87.1 cm³/mol. The summed E-state index contributed by atoms with van der Waals surface area (Å²) in [4.78, 5) is 2.83. The highest BCUT2D eigenvalue weighted by Gasteiger charge is 2.28. The molecule has 1 aromatic heterocycles. The molecule has 0 aromatic carbocycles. The van der Waals surface area contributed by atoms with E-state index >= 15 is 0 Å². The molecule has 2 aliphatic rings. The van der Waals surface area contributed by atoms with Crippen molar-refractivity contribution in [1.29, 1.82) is 0 Å². The third-order valence-electron chi connectivity index (χ3n) is 5.33. The zero-order chi connectivity index (χ0) is 14.5. The first-order chi connectivity index (χ1) is 10.3. The van der Waals surface area contributed by atoms with Gasteiger partial charge in [-0.25, -0.2) is 0 Å². The Hall–Kier alpha value is -1.03. The Morgan fingerprint density at radius 1 is 1.00 bits per heavy atom. The Bertz CT molecular complexity index is 398. The lowest BCUT2D eigenvalue weighted by Crippen LogP contribution is -2.46. The van der Waals surface area contributed by atoms with Crippen LogP contribution in [0.25, 0.3) is 0 Å². The van der Waals surface area contributed by atoms with Crippen LogP contribution in [0.4, 0.5) is 5.69 Å². The van der Waals surface area contributed by atoms with E-state index in [9.17, 15) is 0 Å². The molecule has 4 heteroatoms. The number of rotatable bonds is 5. The van der Waals surface area contributed by atoms with Crippen molar-refractivity contribution < 1.29 is 0 Å². The average molecular weight is 290 g/mol. The van der Waals surface area contributed by atoms with Gasteiger partial charge in [0.15, 0.2) is 0 Å². The van der Waals surface area contributed by atoms with Crippen LogP contribution in [0.3, 0.4) is 0 Å². The van der Waals surface area contributed by atoms with Gasteiger partial charge in [-0.2, -0.15) is 5.10 Å². The van der Waals surface area contributed by atoms with Gasteiger partial charge in [-0.1, -0.05) is 38.5 Å². The molecule has 4 nitrogen and oxygen atoms in total. The normalized spacial score (nSPS) is 22.0. The Morgan fingerprint density at radius 3 is 2.05 bits per heavy atom. The van der Waals surface area contributed by atoms with Gasteiger partial charge in [0, 0.05) is 24.8 Å². The van der Waals surface area contributed by atoms with E-state index in [0.29, 0.717) is 0 Å². The fourth-order valence-corrected chi connectivity index (χ4v) is 4.21. The molecule has 3 rings (SSSR count). The summed E-state index contributed by atoms with van der Waals surface area (Å²) in [6.07, 6.45) is 17.9. The highest BCUT2D eigenvalue weighted by atomic mass is 15.3. The Morgan fingerprint density at radius 2 is 1.57 bits per heavy atom. The zero-order valence-electron chi connectivity index (χ0n) is 13.2. The van der Waals surface area contributed by atoms with E-state index in [1.807, 2.05) is 10.9 Å². The second-order valence-corrected chi connectivity index (χ2v) is 6.86. The number of anilines is 1. The van der Waals surface area contributed by atoms with Crippen molar-refractivity contribution in [3.8, 4) is 0 Å². The highest BCUT2D eigenvalue weighted by Crippen LogP contribution is 2.30. The van der Waals surface area contributed by atoms with Crippen LogP contribution in [-0.4, -0.2) is 33.3 Å². The summed E-state index contributed by atoms with van der Waals surface area (Å²) in [5.41, 5.74) is 6.55. The molecule has 118 valence electrons. The summed E-state index contributed by atoms with van der Waals surface area (Å²) in [6.45, 7) is 2.11. The van der Waals surface area contributed by atoms with Gasteiger partial charge >= 0.3 is 0 Å². The van der Waals surface area contributed by atoms with Crippen molar-refractivity contribution in [2.24, 2.45) is 0 Å². The topological polar surface area (TPSA) is 47.1 Å². The van der Waals surface area contributed by atoms with Gasteiger partial charge in [-0.15, -0.1) is 0 Å². The first kappa shape index (κ1) is 14.9. The van der Waals surface area contributed by atoms with Crippen LogP contribution >= 0.6 is 0 Å². The monoisotopic (exact) mass is 290 g/mol. The fourth-order valence-electron chi connectivity index (χ4n) is 4.21. The average Bonchev–Trinajstić information content (AvgIpc) is 2.95. The number of hydrogen-bond donors (Lipinski definition) is 1. The van der Waals surface area contributed by atoms with E-state index in [0.717, 1.165) is 30.9 Å². The molecule has 0 amide bonds. The van der Waals surface area contributed by atoms with Crippen molar-refractivity contribution in [3.05, 3.63) is 12.4 Å². The maximum absolute atomic E-state index is 5.77. The molecule has 2 fully saturated rings. The highest BCUT2D eigenvalue weighted by molar-refractivity contribution is 5.30. The zero-order valence-corrected chi connectivity index (χ0v) is 13.2. The van der Waals surface area contributed by atoms with E-state index in [-0.39, 0.29) is 0 Å². The van der Waals surface area contributed by atoms with Crippen molar-refractivity contribution in [2.75, 3.05) is 12.3 Å². The largest absolute Gasteiger partial charge is 0.396 e. The van der Waals surface area contributed by atoms with Gasteiger partial charge in [-0.05, 0) is 25.7 Å². The first-order valence-electron chi connectivity index (χ1n) is 8.86. The van der Waals surface area contributed by atoms with Crippen LogP contribution in [0.15, 0.2) is 12.4 Å². The smallest absolute Gasteiger partial charge is 0.0719 e. The Labute approximate surface area is 128 Å². The third-order valence-corrected chi connectivity index (χ3v) is 5.33. The number of nitrogen functional groups attached to an aromatic ring is 1. The molecule has 0 spiro atoms. The number of aromatic nitrogens is 2. The molecule has 1 aromatic rings. The lowest BCUT2D eigenvalue weighted by Gasteiger charge is -2.41. The van der Waals surface area contributed by atoms with Gasteiger partial charge in [0.2, 0.25) is 0 Å². The SMILES string of the molecule is Nc1cnn(CCN(C2CCCCC2)C2CCCCC2)c1. The Balaban J connectivity index is 1.62.